The van der Waals surface area contributed by atoms with E-state index >= 15 is 0 Å². The fourth-order valence-corrected chi connectivity index (χ4v) is 4.89. The Kier molecular flexibility index (Phi) is 7.31. The van der Waals surface area contributed by atoms with Crippen LogP contribution in [-0.4, -0.2) is 61.7 Å². The van der Waals surface area contributed by atoms with Gasteiger partial charge in [0.05, 0.1) is 26.8 Å². The van der Waals surface area contributed by atoms with Crippen LogP contribution in [-0.2, 0) is 9.59 Å². The zero-order valence-corrected chi connectivity index (χ0v) is 21.3. The van der Waals surface area contributed by atoms with Crippen LogP contribution in [0.2, 0.25) is 19.6 Å². The molecule has 2 amide bonds. The summed E-state index contributed by atoms with van der Waals surface area (Å²) in [6, 6.07) is 14.1. The zero-order valence-electron chi connectivity index (χ0n) is 20.3. The summed E-state index contributed by atoms with van der Waals surface area (Å²) in [7, 11) is 0.138. The first-order chi connectivity index (χ1) is 15.4. The number of anilines is 1. The molecule has 1 atom stereocenters. The van der Waals surface area contributed by atoms with Crippen molar-refractivity contribution in [2.75, 3.05) is 25.5 Å². The summed E-state index contributed by atoms with van der Waals surface area (Å²) in [5.74, 6) is 0.0641. The van der Waals surface area contributed by atoms with E-state index in [1.165, 1.54) is 5.19 Å². The van der Waals surface area contributed by atoms with E-state index in [0.29, 0.717) is 30.1 Å². The second kappa shape index (κ2) is 9.67. The van der Waals surface area contributed by atoms with Crippen LogP contribution in [0.5, 0.6) is 5.75 Å². The van der Waals surface area contributed by atoms with Gasteiger partial charge in [-0.15, -0.1) is 0 Å². The molecule has 7 nitrogen and oxygen atoms in total. The maximum Gasteiger partial charge on any atom is 0.251 e. The standard InChI is InChI=1S/C25H35N3O4Si/c1-25(2,28-15-19(29)16-28)24(31)27-22(17-7-11-20(32-3)12-8-17)23(30)26-18-9-13-21(14-10-18)33(4,5)6/h7-14,19,22,29H,15-16H2,1-6H3,(H,26,30)(H,27,31). The second-order valence-corrected chi connectivity index (χ2v) is 15.2. The van der Waals surface area contributed by atoms with Crippen LogP contribution < -0.4 is 20.6 Å². The second-order valence-electron chi connectivity index (χ2n) is 10.1. The van der Waals surface area contributed by atoms with Crippen molar-refractivity contribution < 1.29 is 19.4 Å². The maximum absolute atomic E-state index is 13.3. The predicted molar refractivity (Wildman–Crippen MR) is 134 cm³/mol. The Morgan fingerprint density at radius 1 is 1.06 bits per heavy atom. The molecule has 1 heterocycles. The molecule has 178 valence electrons. The van der Waals surface area contributed by atoms with E-state index in [4.69, 9.17) is 4.74 Å². The number of hydrogen-bond donors (Lipinski definition) is 3. The van der Waals surface area contributed by atoms with Gasteiger partial charge in [-0.25, -0.2) is 0 Å². The summed E-state index contributed by atoms with van der Waals surface area (Å²) in [5.41, 5.74) is 0.475. The molecule has 0 radical (unpaired) electrons. The molecule has 1 saturated heterocycles. The number of aliphatic hydroxyl groups excluding tert-OH is 1. The van der Waals surface area contributed by atoms with Gasteiger partial charge >= 0.3 is 0 Å². The molecule has 2 aromatic carbocycles. The Bertz CT molecular complexity index is 978. The number of β-amino-alcohol motifs (C(OH)–C–C–N with tert-alkyl or cyclic N) is 1. The highest BCUT2D eigenvalue weighted by molar-refractivity contribution is 6.88. The number of nitrogens with one attached hydrogen (secondary N) is 2. The Hall–Kier alpha value is -2.68. The lowest BCUT2D eigenvalue weighted by Gasteiger charge is -2.46. The fraction of sp³-hybridized carbons (Fsp3) is 0.440. The molecule has 3 N–H and O–H groups in total. The third kappa shape index (κ3) is 5.82. The molecule has 1 aliphatic rings. The van der Waals surface area contributed by atoms with Gasteiger partial charge in [-0.1, -0.05) is 49.1 Å². The summed E-state index contributed by atoms with van der Waals surface area (Å²) < 4.78 is 5.23. The SMILES string of the molecule is COc1ccc(C(NC(=O)C(C)(C)N2CC(O)C2)C(=O)Nc2ccc([Si](C)(C)C)cc2)cc1. The number of nitrogens with zero attached hydrogens (tertiary/aromatic N) is 1. The maximum atomic E-state index is 13.3. The van der Waals surface area contributed by atoms with Crippen LogP contribution in [0.3, 0.4) is 0 Å². The number of rotatable bonds is 8. The number of likely N-dealkylation sites (tertiary alicyclic amines) is 1. The van der Waals surface area contributed by atoms with E-state index < -0.39 is 25.8 Å². The first-order valence-electron chi connectivity index (χ1n) is 11.2. The van der Waals surface area contributed by atoms with E-state index in [0.717, 1.165) is 0 Å². The number of carbonyl (C=O) groups excluding carboxylic acids is 2. The molecule has 1 aliphatic heterocycles. The van der Waals surface area contributed by atoms with Gasteiger partial charge in [-0.2, -0.15) is 0 Å². The monoisotopic (exact) mass is 469 g/mol. The largest absolute Gasteiger partial charge is 0.497 e. The van der Waals surface area contributed by atoms with Gasteiger partial charge in [0.15, 0.2) is 0 Å². The van der Waals surface area contributed by atoms with Gasteiger partial charge < -0.3 is 20.5 Å². The third-order valence-corrected chi connectivity index (χ3v) is 8.28. The predicted octanol–water partition coefficient (Wildman–Crippen LogP) is 2.49. The van der Waals surface area contributed by atoms with Crippen LogP contribution in [0, 0.1) is 0 Å². The average Bonchev–Trinajstić information content (AvgIpc) is 2.74. The number of methoxy groups -OCH3 is 1. The topological polar surface area (TPSA) is 90.9 Å². The van der Waals surface area contributed by atoms with Crippen molar-refractivity contribution in [1.29, 1.82) is 0 Å². The number of aliphatic hydroxyl groups is 1. The van der Waals surface area contributed by atoms with Crippen molar-refractivity contribution >= 4 is 30.8 Å². The molecule has 0 aliphatic carbocycles. The van der Waals surface area contributed by atoms with E-state index in [1.807, 2.05) is 17.0 Å². The quantitative estimate of drug-likeness (QED) is 0.517. The van der Waals surface area contributed by atoms with E-state index in [2.05, 4.69) is 42.4 Å². The van der Waals surface area contributed by atoms with Crippen molar-refractivity contribution in [1.82, 2.24) is 10.2 Å². The molecule has 0 spiro atoms. The molecule has 8 heteroatoms. The van der Waals surface area contributed by atoms with Crippen LogP contribution in [0.25, 0.3) is 0 Å². The van der Waals surface area contributed by atoms with Crippen molar-refractivity contribution in [3.05, 3.63) is 54.1 Å². The molecule has 2 aromatic rings. The van der Waals surface area contributed by atoms with Gasteiger partial charge in [0, 0.05) is 18.8 Å². The Morgan fingerprint density at radius 2 is 1.64 bits per heavy atom. The number of carbonyl (C=O) groups is 2. The number of amides is 2. The Morgan fingerprint density at radius 3 is 2.12 bits per heavy atom. The molecular weight excluding hydrogens is 434 g/mol. The van der Waals surface area contributed by atoms with Gasteiger partial charge in [0.1, 0.15) is 11.8 Å². The zero-order chi connectivity index (χ0) is 24.4. The minimum atomic E-state index is -1.44. The highest BCUT2D eigenvalue weighted by Gasteiger charge is 2.42. The van der Waals surface area contributed by atoms with Crippen LogP contribution >= 0.6 is 0 Å². The van der Waals surface area contributed by atoms with E-state index in [-0.39, 0.29) is 11.8 Å². The first kappa shape index (κ1) is 24.9. The number of benzene rings is 2. The van der Waals surface area contributed by atoms with Crippen molar-refractivity contribution in [3.63, 3.8) is 0 Å². The number of ether oxygens (including phenoxy) is 1. The van der Waals surface area contributed by atoms with Gasteiger partial charge in [-0.05, 0) is 43.7 Å². The van der Waals surface area contributed by atoms with Crippen molar-refractivity contribution in [2.45, 2.75) is 51.2 Å². The lowest BCUT2D eigenvalue weighted by atomic mass is 9.94. The van der Waals surface area contributed by atoms with E-state index in [9.17, 15) is 14.7 Å². The molecule has 3 rings (SSSR count). The van der Waals surface area contributed by atoms with Gasteiger partial charge in [0.2, 0.25) is 5.91 Å². The Labute approximate surface area is 197 Å². The molecule has 1 fully saturated rings. The molecular formula is C25H35N3O4Si. The molecule has 0 aromatic heterocycles. The fourth-order valence-electron chi connectivity index (χ4n) is 3.73. The van der Waals surface area contributed by atoms with Crippen LogP contribution in [0.1, 0.15) is 25.5 Å². The average molecular weight is 470 g/mol. The lowest BCUT2D eigenvalue weighted by molar-refractivity contribution is -0.142. The van der Waals surface area contributed by atoms with Gasteiger partial charge in [-0.3, -0.25) is 14.5 Å². The molecule has 0 saturated carbocycles. The highest BCUT2D eigenvalue weighted by Crippen LogP contribution is 2.25. The van der Waals surface area contributed by atoms with Gasteiger partial charge in [0.25, 0.3) is 5.91 Å². The van der Waals surface area contributed by atoms with Crippen LogP contribution in [0.15, 0.2) is 48.5 Å². The summed E-state index contributed by atoms with van der Waals surface area (Å²) in [4.78, 5) is 28.4. The molecule has 1 unspecified atom stereocenters. The summed E-state index contributed by atoms with van der Waals surface area (Å²) in [6.07, 6.45) is -0.420. The minimum absolute atomic E-state index is 0.278. The third-order valence-electron chi connectivity index (χ3n) is 6.21. The number of hydrogen-bond acceptors (Lipinski definition) is 5. The van der Waals surface area contributed by atoms with E-state index in [1.54, 1.807) is 45.2 Å². The van der Waals surface area contributed by atoms with Crippen molar-refractivity contribution in [3.8, 4) is 5.75 Å². The lowest BCUT2D eigenvalue weighted by Crippen LogP contribution is -2.65. The minimum Gasteiger partial charge on any atom is -0.497 e. The molecule has 0 bridgehead atoms. The first-order valence-corrected chi connectivity index (χ1v) is 14.7. The summed E-state index contributed by atoms with van der Waals surface area (Å²) >= 11 is 0. The smallest absolute Gasteiger partial charge is 0.251 e. The van der Waals surface area contributed by atoms with Crippen LogP contribution in [0.4, 0.5) is 5.69 Å². The Balaban J connectivity index is 1.81. The van der Waals surface area contributed by atoms with Crippen molar-refractivity contribution in [2.24, 2.45) is 0 Å². The summed E-state index contributed by atoms with van der Waals surface area (Å²) in [5, 5.41) is 16.8. The molecule has 33 heavy (non-hydrogen) atoms. The highest BCUT2D eigenvalue weighted by atomic mass is 28.3. The normalized spacial score (nSPS) is 16.0. The summed E-state index contributed by atoms with van der Waals surface area (Å²) in [6.45, 7) is 11.3.